The van der Waals surface area contributed by atoms with Crippen molar-refractivity contribution in [1.29, 1.82) is 0 Å². The Hall–Kier alpha value is -2.38. The Morgan fingerprint density at radius 2 is 2.16 bits per heavy atom. The van der Waals surface area contributed by atoms with Gasteiger partial charge in [0.2, 0.25) is 0 Å². The number of ether oxygens (including phenoxy) is 2. The van der Waals surface area contributed by atoms with Crippen LogP contribution in [-0.4, -0.2) is 61.5 Å². The molecule has 0 bridgehead atoms. The third kappa shape index (κ3) is 3.38. The van der Waals surface area contributed by atoms with E-state index >= 15 is 0 Å². The highest BCUT2D eigenvalue weighted by Crippen LogP contribution is 2.29. The van der Waals surface area contributed by atoms with Gasteiger partial charge in [0.25, 0.3) is 0 Å². The molecule has 1 aliphatic heterocycles. The lowest BCUT2D eigenvalue weighted by atomic mass is 10.2. The summed E-state index contributed by atoms with van der Waals surface area (Å²) in [6, 6.07) is 5.97. The standard InChI is InChI=1S/C18H23N5O2/c1-24-13-3-4-15-14(11-13)16-17(22-15)18(21-12-20-16)19-5-2-6-23-7-9-25-10-8-23/h3-4,11-12,22H,2,5-10H2,1H3,(H,19,20,21)/p+1. The maximum absolute atomic E-state index is 5.40. The van der Waals surface area contributed by atoms with E-state index in [-0.39, 0.29) is 0 Å². The monoisotopic (exact) mass is 342 g/mol. The minimum atomic E-state index is 0.829. The Kier molecular flexibility index (Phi) is 4.67. The average molecular weight is 342 g/mol. The molecule has 1 saturated heterocycles. The average Bonchev–Trinajstić information content (AvgIpc) is 3.04. The van der Waals surface area contributed by atoms with Gasteiger partial charge in [-0.25, -0.2) is 9.97 Å². The first kappa shape index (κ1) is 16.1. The molecule has 0 saturated carbocycles. The zero-order chi connectivity index (χ0) is 17.1. The van der Waals surface area contributed by atoms with Crippen LogP contribution in [0, 0.1) is 0 Å². The van der Waals surface area contributed by atoms with E-state index in [1.54, 1.807) is 18.3 Å². The number of nitrogens with zero attached hydrogens (tertiary/aromatic N) is 2. The minimum absolute atomic E-state index is 0.829. The van der Waals surface area contributed by atoms with Crippen molar-refractivity contribution < 1.29 is 14.4 Å². The van der Waals surface area contributed by atoms with Gasteiger partial charge in [-0.05, 0) is 18.2 Å². The normalized spacial score (nSPS) is 15.7. The van der Waals surface area contributed by atoms with Gasteiger partial charge < -0.3 is 24.7 Å². The van der Waals surface area contributed by atoms with E-state index < -0.39 is 0 Å². The zero-order valence-electron chi connectivity index (χ0n) is 14.5. The molecule has 7 nitrogen and oxygen atoms in total. The SMILES string of the molecule is COc1ccc2[nH]c3c(NCCC[NH+]4CCOCC4)ncnc3c2c1. The van der Waals surface area contributed by atoms with Crippen LogP contribution in [0.25, 0.3) is 21.9 Å². The van der Waals surface area contributed by atoms with E-state index in [1.165, 1.54) is 0 Å². The Morgan fingerprint density at radius 1 is 1.28 bits per heavy atom. The molecule has 25 heavy (non-hydrogen) atoms. The molecule has 0 atom stereocenters. The summed E-state index contributed by atoms with van der Waals surface area (Å²) in [4.78, 5) is 13.9. The van der Waals surface area contributed by atoms with Gasteiger partial charge in [0, 0.05) is 23.9 Å². The van der Waals surface area contributed by atoms with Crippen LogP contribution in [0.15, 0.2) is 24.5 Å². The number of H-pyrrole nitrogens is 1. The number of rotatable bonds is 6. The van der Waals surface area contributed by atoms with Gasteiger partial charge in [-0.1, -0.05) is 0 Å². The van der Waals surface area contributed by atoms with E-state index in [9.17, 15) is 0 Å². The second kappa shape index (κ2) is 7.25. The van der Waals surface area contributed by atoms with Gasteiger partial charge in [0.15, 0.2) is 5.82 Å². The van der Waals surface area contributed by atoms with Crippen LogP contribution in [-0.2, 0) is 4.74 Å². The van der Waals surface area contributed by atoms with Crippen LogP contribution in [0.1, 0.15) is 6.42 Å². The van der Waals surface area contributed by atoms with Crippen molar-refractivity contribution in [3.8, 4) is 5.75 Å². The predicted molar refractivity (Wildman–Crippen MR) is 97.4 cm³/mol. The van der Waals surface area contributed by atoms with Crippen molar-refractivity contribution in [3.05, 3.63) is 24.5 Å². The van der Waals surface area contributed by atoms with Crippen molar-refractivity contribution in [2.45, 2.75) is 6.42 Å². The number of aromatic nitrogens is 3. The van der Waals surface area contributed by atoms with Crippen molar-refractivity contribution >= 4 is 27.8 Å². The Bertz CT molecular complexity index is 857. The number of methoxy groups -OCH3 is 1. The number of fused-ring (bicyclic) bond motifs is 3. The molecule has 4 rings (SSSR count). The molecule has 3 heterocycles. The third-order valence-electron chi connectivity index (χ3n) is 4.79. The fraction of sp³-hybridized carbons (Fsp3) is 0.444. The van der Waals surface area contributed by atoms with Gasteiger partial charge in [0.05, 0.1) is 26.9 Å². The first-order valence-corrected chi connectivity index (χ1v) is 8.81. The Morgan fingerprint density at radius 3 is 3.00 bits per heavy atom. The molecule has 1 aromatic carbocycles. The Balaban J connectivity index is 1.47. The minimum Gasteiger partial charge on any atom is -0.497 e. The van der Waals surface area contributed by atoms with Gasteiger partial charge >= 0.3 is 0 Å². The lowest BCUT2D eigenvalue weighted by Crippen LogP contribution is -3.14. The molecule has 3 aromatic rings. The zero-order valence-corrected chi connectivity index (χ0v) is 14.5. The number of anilines is 1. The third-order valence-corrected chi connectivity index (χ3v) is 4.79. The van der Waals surface area contributed by atoms with Crippen LogP contribution in [0.2, 0.25) is 0 Å². The molecule has 1 fully saturated rings. The molecule has 7 heteroatoms. The lowest BCUT2D eigenvalue weighted by Gasteiger charge is -2.23. The first-order valence-electron chi connectivity index (χ1n) is 8.81. The van der Waals surface area contributed by atoms with E-state index in [1.807, 2.05) is 18.2 Å². The maximum atomic E-state index is 5.40. The largest absolute Gasteiger partial charge is 0.497 e. The van der Waals surface area contributed by atoms with Crippen molar-refractivity contribution in [3.63, 3.8) is 0 Å². The second-order valence-electron chi connectivity index (χ2n) is 6.38. The topological polar surface area (TPSA) is 76.5 Å². The molecule has 132 valence electrons. The van der Waals surface area contributed by atoms with Crippen LogP contribution < -0.4 is 15.0 Å². The van der Waals surface area contributed by atoms with Crippen LogP contribution >= 0.6 is 0 Å². The fourth-order valence-corrected chi connectivity index (χ4v) is 3.39. The van der Waals surface area contributed by atoms with Crippen LogP contribution in [0.5, 0.6) is 5.75 Å². The molecule has 0 amide bonds. The van der Waals surface area contributed by atoms with E-state index in [2.05, 4.69) is 20.3 Å². The number of aromatic amines is 1. The molecule has 0 spiro atoms. The number of benzene rings is 1. The lowest BCUT2D eigenvalue weighted by molar-refractivity contribution is -0.908. The number of nitrogens with one attached hydrogen (secondary N) is 3. The summed E-state index contributed by atoms with van der Waals surface area (Å²) < 4.78 is 10.7. The first-order chi connectivity index (χ1) is 12.3. The second-order valence-corrected chi connectivity index (χ2v) is 6.38. The summed E-state index contributed by atoms with van der Waals surface area (Å²) in [6.45, 7) is 6.05. The fourth-order valence-electron chi connectivity index (χ4n) is 3.39. The molecular weight excluding hydrogens is 318 g/mol. The molecule has 1 aliphatic rings. The maximum Gasteiger partial charge on any atom is 0.153 e. The molecule has 2 aromatic heterocycles. The molecule has 0 unspecified atom stereocenters. The van der Waals surface area contributed by atoms with E-state index in [4.69, 9.17) is 9.47 Å². The molecular formula is C18H24N5O2+. The summed E-state index contributed by atoms with van der Waals surface area (Å²) in [5, 5.41) is 4.51. The Labute approximate surface area is 146 Å². The van der Waals surface area contributed by atoms with Crippen LogP contribution in [0.3, 0.4) is 0 Å². The van der Waals surface area contributed by atoms with Gasteiger partial charge in [-0.3, -0.25) is 0 Å². The van der Waals surface area contributed by atoms with Crippen molar-refractivity contribution in [2.75, 3.05) is 51.8 Å². The number of morpholine rings is 1. The predicted octanol–water partition coefficient (Wildman–Crippen LogP) is 0.837. The van der Waals surface area contributed by atoms with Gasteiger partial charge in [-0.2, -0.15) is 0 Å². The molecule has 0 radical (unpaired) electrons. The van der Waals surface area contributed by atoms with E-state index in [0.29, 0.717) is 0 Å². The summed E-state index contributed by atoms with van der Waals surface area (Å²) >= 11 is 0. The van der Waals surface area contributed by atoms with Crippen LogP contribution in [0.4, 0.5) is 5.82 Å². The van der Waals surface area contributed by atoms with E-state index in [0.717, 1.165) is 79.3 Å². The summed E-state index contributed by atoms with van der Waals surface area (Å²) in [5.41, 5.74) is 2.91. The van der Waals surface area contributed by atoms with Crippen molar-refractivity contribution in [2.24, 2.45) is 0 Å². The number of hydrogen-bond donors (Lipinski definition) is 3. The molecule has 0 aliphatic carbocycles. The quantitative estimate of drug-likeness (QED) is 0.579. The summed E-state index contributed by atoms with van der Waals surface area (Å²) in [5.74, 6) is 1.69. The highest BCUT2D eigenvalue weighted by Gasteiger charge is 2.14. The highest BCUT2D eigenvalue weighted by molar-refractivity contribution is 6.08. The van der Waals surface area contributed by atoms with Gasteiger partial charge in [-0.15, -0.1) is 0 Å². The summed E-state index contributed by atoms with van der Waals surface area (Å²) in [7, 11) is 1.68. The van der Waals surface area contributed by atoms with Crippen molar-refractivity contribution in [1.82, 2.24) is 15.0 Å². The molecule has 3 N–H and O–H groups in total. The summed E-state index contributed by atoms with van der Waals surface area (Å²) in [6.07, 6.45) is 2.72. The smallest absolute Gasteiger partial charge is 0.153 e. The van der Waals surface area contributed by atoms with Gasteiger partial charge in [0.1, 0.15) is 36.2 Å². The number of quaternary nitrogens is 1. The highest BCUT2D eigenvalue weighted by atomic mass is 16.5. The number of hydrogen-bond acceptors (Lipinski definition) is 5.